The number of hydrogen-bond donors (Lipinski definition) is 0. The van der Waals surface area contributed by atoms with Gasteiger partial charge in [-0.25, -0.2) is 0 Å². The molecule has 0 amide bonds. The van der Waals surface area contributed by atoms with Gasteiger partial charge >= 0.3 is 0 Å². The van der Waals surface area contributed by atoms with Crippen LogP contribution in [-0.2, 0) is 17.8 Å². The Morgan fingerprint density at radius 3 is 2.59 bits per heavy atom. The molecule has 1 unspecified atom stereocenters. The molecular formula is C24H32N2O. The Hall–Kier alpha value is -1.84. The highest BCUT2D eigenvalue weighted by atomic mass is 16.5. The fraction of sp³-hybridized carbons (Fsp3) is 0.500. The molecule has 2 aromatic rings. The second kappa shape index (κ2) is 8.90. The summed E-state index contributed by atoms with van der Waals surface area (Å²) in [5.74, 6) is 0. The minimum Gasteiger partial charge on any atom is -0.369 e. The number of aryl methyl sites for hydroxylation is 1. The number of benzene rings is 2. The number of nitrogens with zero attached hydrogens (tertiary/aromatic N) is 2. The van der Waals surface area contributed by atoms with E-state index >= 15 is 0 Å². The molecule has 0 N–H and O–H groups in total. The molecule has 1 atom stereocenters. The van der Waals surface area contributed by atoms with Gasteiger partial charge in [0.2, 0.25) is 0 Å². The first kappa shape index (κ1) is 18.5. The Balaban J connectivity index is 1.44. The van der Waals surface area contributed by atoms with E-state index in [2.05, 4.69) is 65.3 Å². The lowest BCUT2D eigenvalue weighted by molar-refractivity contribution is 0.0283. The maximum atomic E-state index is 6.36. The average molecular weight is 365 g/mol. The lowest BCUT2D eigenvalue weighted by Gasteiger charge is -2.37. The second-order valence-corrected chi connectivity index (χ2v) is 7.89. The third-order valence-corrected chi connectivity index (χ3v) is 5.96. The standard InChI is InChI=1S/C24H32N2O/c1-2-13-25-14-16-26(17-15-25)22-12-11-21-9-6-10-24(23(21)18-22)27-19-20-7-4-3-5-8-20/h3-5,7-8,11-12,18,24H,2,6,9-10,13-17,19H2,1H3. The van der Waals surface area contributed by atoms with E-state index in [0.717, 1.165) is 19.5 Å². The first-order chi connectivity index (χ1) is 13.3. The summed E-state index contributed by atoms with van der Waals surface area (Å²) < 4.78 is 6.36. The summed E-state index contributed by atoms with van der Waals surface area (Å²) >= 11 is 0. The molecule has 144 valence electrons. The van der Waals surface area contributed by atoms with Crippen molar-refractivity contribution in [3.8, 4) is 0 Å². The van der Waals surface area contributed by atoms with Gasteiger partial charge < -0.3 is 9.64 Å². The molecule has 1 heterocycles. The van der Waals surface area contributed by atoms with Gasteiger partial charge in [-0.05, 0) is 61.1 Å². The van der Waals surface area contributed by atoms with Crippen molar-refractivity contribution in [1.82, 2.24) is 4.90 Å². The van der Waals surface area contributed by atoms with E-state index in [0.29, 0.717) is 6.61 Å². The van der Waals surface area contributed by atoms with Crippen LogP contribution in [0.3, 0.4) is 0 Å². The molecule has 0 saturated carbocycles. The summed E-state index contributed by atoms with van der Waals surface area (Å²) in [4.78, 5) is 5.13. The monoisotopic (exact) mass is 364 g/mol. The van der Waals surface area contributed by atoms with Crippen molar-refractivity contribution in [2.75, 3.05) is 37.6 Å². The largest absolute Gasteiger partial charge is 0.369 e. The molecule has 1 aliphatic heterocycles. The van der Waals surface area contributed by atoms with E-state index in [-0.39, 0.29) is 6.10 Å². The van der Waals surface area contributed by atoms with Crippen LogP contribution in [0.4, 0.5) is 5.69 Å². The van der Waals surface area contributed by atoms with Crippen molar-refractivity contribution < 1.29 is 4.74 Å². The molecule has 0 spiro atoms. The van der Waals surface area contributed by atoms with Crippen LogP contribution in [0.25, 0.3) is 0 Å². The SMILES string of the molecule is CCCN1CCN(c2ccc3c(c2)C(OCc2ccccc2)CCC3)CC1. The smallest absolute Gasteiger partial charge is 0.0833 e. The molecule has 1 aliphatic carbocycles. The highest BCUT2D eigenvalue weighted by Crippen LogP contribution is 2.35. The number of piperazine rings is 1. The fourth-order valence-corrected chi connectivity index (χ4v) is 4.43. The van der Waals surface area contributed by atoms with Gasteiger partial charge in [0.25, 0.3) is 0 Å². The first-order valence-corrected chi connectivity index (χ1v) is 10.6. The molecule has 0 aromatic heterocycles. The molecule has 0 bridgehead atoms. The minimum absolute atomic E-state index is 0.232. The lowest BCUT2D eigenvalue weighted by Crippen LogP contribution is -2.46. The average Bonchev–Trinajstić information content (AvgIpc) is 2.73. The Morgan fingerprint density at radius 1 is 1.00 bits per heavy atom. The van der Waals surface area contributed by atoms with Crippen molar-refractivity contribution in [2.24, 2.45) is 0 Å². The number of ether oxygens (including phenoxy) is 1. The molecule has 1 fully saturated rings. The topological polar surface area (TPSA) is 15.7 Å². The van der Waals surface area contributed by atoms with Crippen LogP contribution in [0, 0.1) is 0 Å². The predicted molar refractivity (Wildman–Crippen MR) is 112 cm³/mol. The van der Waals surface area contributed by atoms with Crippen molar-refractivity contribution in [1.29, 1.82) is 0 Å². The normalized spacial score (nSPS) is 20.5. The van der Waals surface area contributed by atoms with E-state index in [9.17, 15) is 0 Å². The zero-order chi connectivity index (χ0) is 18.5. The van der Waals surface area contributed by atoms with Crippen LogP contribution in [0.5, 0.6) is 0 Å². The van der Waals surface area contributed by atoms with Crippen molar-refractivity contribution >= 4 is 5.69 Å². The van der Waals surface area contributed by atoms with Crippen LogP contribution >= 0.6 is 0 Å². The summed E-state index contributed by atoms with van der Waals surface area (Å²) in [5.41, 5.74) is 5.53. The van der Waals surface area contributed by atoms with Crippen LogP contribution in [0.1, 0.15) is 49.0 Å². The summed E-state index contributed by atoms with van der Waals surface area (Å²) in [6, 6.07) is 17.6. The maximum Gasteiger partial charge on any atom is 0.0833 e. The number of anilines is 1. The summed E-state index contributed by atoms with van der Waals surface area (Å²) in [7, 11) is 0. The molecule has 1 saturated heterocycles. The second-order valence-electron chi connectivity index (χ2n) is 7.89. The van der Waals surface area contributed by atoms with Gasteiger partial charge in [0.15, 0.2) is 0 Å². The van der Waals surface area contributed by atoms with E-state index in [1.54, 1.807) is 0 Å². The van der Waals surface area contributed by atoms with Gasteiger partial charge in [0.05, 0.1) is 12.7 Å². The molecule has 3 nitrogen and oxygen atoms in total. The Bertz CT molecular complexity index is 722. The third kappa shape index (κ3) is 4.53. The molecule has 0 radical (unpaired) electrons. The van der Waals surface area contributed by atoms with E-state index < -0.39 is 0 Å². The van der Waals surface area contributed by atoms with Gasteiger partial charge in [-0.15, -0.1) is 0 Å². The summed E-state index contributed by atoms with van der Waals surface area (Å²) in [5, 5.41) is 0. The van der Waals surface area contributed by atoms with Gasteiger partial charge in [-0.3, -0.25) is 4.90 Å². The van der Waals surface area contributed by atoms with Gasteiger partial charge in [-0.1, -0.05) is 43.3 Å². The van der Waals surface area contributed by atoms with Gasteiger partial charge in [0, 0.05) is 31.9 Å². The van der Waals surface area contributed by atoms with Gasteiger partial charge in [-0.2, -0.15) is 0 Å². The highest BCUT2D eigenvalue weighted by Gasteiger charge is 2.23. The molecular weight excluding hydrogens is 332 g/mol. The number of hydrogen-bond acceptors (Lipinski definition) is 3. The molecule has 2 aromatic carbocycles. The maximum absolute atomic E-state index is 6.36. The van der Waals surface area contributed by atoms with Crippen LogP contribution in [-0.4, -0.2) is 37.6 Å². The summed E-state index contributed by atoms with van der Waals surface area (Å²) in [6.07, 6.45) is 5.02. The minimum atomic E-state index is 0.232. The molecule has 3 heteroatoms. The summed E-state index contributed by atoms with van der Waals surface area (Å²) in [6.45, 7) is 8.82. The third-order valence-electron chi connectivity index (χ3n) is 5.96. The van der Waals surface area contributed by atoms with E-state index in [1.807, 2.05) is 0 Å². The quantitative estimate of drug-likeness (QED) is 0.731. The molecule has 2 aliphatic rings. The fourth-order valence-electron chi connectivity index (χ4n) is 4.43. The predicted octanol–water partition coefficient (Wildman–Crippen LogP) is 4.81. The first-order valence-electron chi connectivity index (χ1n) is 10.6. The number of fused-ring (bicyclic) bond motifs is 1. The Morgan fingerprint density at radius 2 is 1.81 bits per heavy atom. The van der Waals surface area contributed by atoms with Gasteiger partial charge in [0.1, 0.15) is 0 Å². The van der Waals surface area contributed by atoms with Crippen molar-refractivity contribution in [3.63, 3.8) is 0 Å². The zero-order valence-electron chi connectivity index (χ0n) is 16.6. The van der Waals surface area contributed by atoms with Crippen LogP contribution in [0.2, 0.25) is 0 Å². The highest BCUT2D eigenvalue weighted by molar-refractivity contribution is 5.52. The van der Waals surface area contributed by atoms with E-state index in [1.165, 1.54) is 61.3 Å². The van der Waals surface area contributed by atoms with Crippen molar-refractivity contribution in [3.05, 3.63) is 65.2 Å². The Labute approximate surface area is 163 Å². The van der Waals surface area contributed by atoms with Crippen LogP contribution < -0.4 is 4.90 Å². The Kier molecular flexibility index (Phi) is 6.10. The van der Waals surface area contributed by atoms with Crippen LogP contribution in [0.15, 0.2) is 48.5 Å². The van der Waals surface area contributed by atoms with Crippen molar-refractivity contribution in [2.45, 2.75) is 45.3 Å². The zero-order valence-corrected chi connectivity index (χ0v) is 16.6. The number of rotatable bonds is 6. The van der Waals surface area contributed by atoms with E-state index in [4.69, 9.17) is 4.74 Å². The lowest BCUT2D eigenvalue weighted by atomic mass is 9.88. The molecule has 27 heavy (non-hydrogen) atoms. The molecule has 4 rings (SSSR count).